The molecule has 1 heterocycles. The van der Waals surface area contributed by atoms with Gasteiger partial charge in [0.05, 0.1) is 11.1 Å². The summed E-state index contributed by atoms with van der Waals surface area (Å²) in [5.74, 6) is 0.383. The van der Waals surface area contributed by atoms with Crippen LogP contribution in [0.3, 0.4) is 0 Å². The van der Waals surface area contributed by atoms with Crippen molar-refractivity contribution < 1.29 is 4.92 Å². The van der Waals surface area contributed by atoms with Gasteiger partial charge in [-0.3, -0.25) is 14.8 Å². The third kappa shape index (κ3) is 2.77. The van der Waals surface area contributed by atoms with Gasteiger partial charge in [-0.05, 0) is 12.0 Å². The molecule has 0 aliphatic rings. The number of nitrogens with two attached hydrogens (primary N) is 1. The lowest BCUT2D eigenvalue weighted by Crippen LogP contribution is -2.02. The van der Waals surface area contributed by atoms with Gasteiger partial charge in [-0.25, -0.2) is 0 Å². The minimum Gasteiger partial charge on any atom is -0.381 e. The van der Waals surface area contributed by atoms with Crippen LogP contribution in [-0.2, 0) is 13.0 Å². The van der Waals surface area contributed by atoms with Gasteiger partial charge >= 0.3 is 0 Å². The Morgan fingerprint density at radius 2 is 2.06 bits per heavy atom. The highest BCUT2D eigenvalue weighted by Crippen LogP contribution is 2.12. The van der Waals surface area contributed by atoms with E-state index in [1.54, 1.807) is 23.0 Å². The summed E-state index contributed by atoms with van der Waals surface area (Å²) in [6.07, 6.45) is 2.37. The van der Waals surface area contributed by atoms with Gasteiger partial charge in [0.15, 0.2) is 5.82 Å². The molecular formula is C10H11N5O2. The third-order valence-electron chi connectivity index (χ3n) is 2.33. The van der Waals surface area contributed by atoms with Crippen molar-refractivity contribution in [3.05, 3.63) is 46.1 Å². The molecule has 1 aromatic heterocycles. The first-order valence-corrected chi connectivity index (χ1v) is 5.04. The Balaban J connectivity index is 1.97. The van der Waals surface area contributed by atoms with Crippen molar-refractivity contribution in [3.8, 4) is 0 Å². The molecule has 0 fully saturated rings. The van der Waals surface area contributed by atoms with Crippen LogP contribution < -0.4 is 5.73 Å². The highest BCUT2D eigenvalue weighted by Gasteiger charge is 2.04. The first kappa shape index (κ1) is 11.1. The van der Waals surface area contributed by atoms with Gasteiger partial charge in [-0.15, -0.1) is 5.10 Å². The van der Waals surface area contributed by atoms with Gasteiger partial charge in [0.25, 0.3) is 5.69 Å². The number of non-ortho nitro benzene ring substituents is 1. The lowest BCUT2D eigenvalue weighted by atomic mass is 10.1. The molecule has 2 N–H and O–H groups in total. The molecule has 0 amide bonds. The summed E-state index contributed by atoms with van der Waals surface area (Å²) in [6.45, 7) is 0.641. The van der Waals surface area contributed by atoms with Crippen LogP contribution in [0, 0.1) is 10.1 Å². The van der Waals surface area contributed by atoms with E-state index < -0.39 is 4.92 Å². The molecule has 0 atom stereocenters. The second kappa shape index (κ2) is 4.60. The van der Waals surface area contributed by atoms with Gasteiger partial charge in [-0.1, -0.05) is 17.3 Å². The van der Waals surface area contributed by atoms with Crippen molar-refractivity contribution in [2.24, 2.45) is 0 Å². The van der Waals surface area contributed by atoms with Crippen LogP contribution in [0.2, 0.25) is 0 Å². The van der Waals surface area contributed by atoms with E-state index in [2.05, 4.69) is 10.3 Å². The van der Waals surface area contributed by atoms with E-state index in [9.17, 15) is 10.1 Å². The molecule has 0 unspecified atom stereocenters. The van der Waals surface area contributed by atoms with Crippen molar-refractivity contribution in [1.82, 2.24) is 15.0 Å². The fourth-order valence-electron chi connectivity index (χ4n) is 1.45. The van der Waals surface area contributed by atoms with E-state index in [0.717, 1.165) is 12.0 Å². The lowest BCUT2D eigenvalue weighted by Gasteiger charge is -2.00. The Kier molecular flexibility index (Phi) is 2.99. The molecule has 7 heteroatoms. The van der Waals surface area contributed by atoms with Gasteiger partial charge < -0.3 is 5.73 Å². The highest BCUT2D eigenvalue weighted by molar-refractivity contribution is 5.32. The summed E-state index contributed by atoms with van der Waals surface area (Å²) in [7, 11) is 0. The second-order valence-electron chi connectivity index (χ2n) is 3.58. The van der Waals surface area contributed by atoms with E-state index >= 15 is 0 Å². The average Bonchev–Trinajstić information content (AvgIpc) is 2.73. The molecule has 2 rings (SSSR count). The summed E-state index contributed by atoms with van der Waals surface area (Å²) in [5.41, 5.74) is 6.53. The molecule has 0 saturated carbocycles. The zero-order valence-electron chi connectivity index (χ0n) is 8.98. The molecule has 7 nitrogen and oxygen atoms in total. The van der Waals surface area contributed by atoms with Crippen molar-refractivity contribution in [2.45, 2.75) is 13.0 Å². The number of aromatic nitrogens is 3. The topological polar surface area (TPSA) is 99.9 Å². The van der Waals surface area contributed by atoms with Crippen molar-refractivity contribution in [3.63, 3.8) is 0 Å². The molecule has 0 saturated heterocycles. The highest BCUT2D eigenvalue weighted by atomic mass is 16.6. The SMILES string of the molecule is Nc1cn(CCc2ccc([N+](=O)[O-])cc2)nn1. The van der Waals surface area contributed by atoms with Crippen LogP contribution in [0.5, 0.6) is 0 Å². The molecule has 17 heavy (non-hydrogen) atoms. The van der Waals surface area contributed by atoms with E-state index in [4.69, 9.17) is 5.73 Å². The molecule has 88 valence electrons. The van der Waals surface area contributed by atoms with Gasteiger partial charge in [0.2, 0.25) is 0 Å². The van der Waals surface area contributed by atoms with Crippen LogP contribution >= 0.6 is 0 Å². The average molecular weight is 233 g/mol. The van der Waals surface area contributed by atoms with Crippen LogP contribution in [0.4, 0.5) is 11.5 Å². The lowest BCUT2D eigenvalue weighted by molar-refractivity contribution is -0.384. The number of hydrogen-bond acceptors (Lipinski definition) is 5. The van der Waals surface area contributed by atoms with Crippen LogP contribution in [0.1, 0.15) is 5.56 Å². The number of aryl methyl sites for hydroxylation is 2. The zero-order valence-corrected chi connectivity index (χ0v) is 8.98. The minimum absolute atomic E-state index is 0.0961. The monoisotopic (exact) mass is 233 g/mol. The van der Waals surface area contributed by atoms with Gasteiger partial charge in [-0.2, -0.15) is 0 Å². The minimum atomic E-state index is -0.415. The number of rotatable bonds is 4. The number of benzene rings is 1. The Bertz CT molecular complexity index is 520. The van der Waals surface area contributed by atoms with Crippen LogP contribution in [0.25, 0.3) is 0 Å². The van der Waals surface area contributed by atoms with Crippen LogP contribution in [-0.4, -0.2) is 19.9 Å². The normalized spacial score (nSPS) is 10.4. The maximum absolute atomic E-state index is 10.5. The number of nitrogens with zero attached hydrogens (tertiary/aromatic N) is 4. The van der Waals surface area contributed by atoms with Crippen molar-refractivity contribution >= 4 is 11.5 Å². The van der Waals surface area contributed by atoms with E-state index in [1.165, 1.54) is 12.1 Å². The molecule has 1 aromatic carbocycles. The standard InChI is InChI=1S/C10H11N5O2/c11-10-7-14(13-12-10)6-5-8-1-3-9(4-2-8)15(16)17/h1-4,7H,5-6,11H2. The predicted molar refractivity (Wildman–Crippen MR) is 61.2 cm³/mol. The molecule has 0 aliphatic carbocycles. The Hall–Kier alpha value is -2.44. The summed E-state index contributed by atoms with van der Waals surface area (Å²) in [4.78, 5) is 10.0. The summed E-state index contributed by atoms with van der Waals surface area (Å²) in [6, 6.07) is 6.45. The largest absolute Gasteiger partial charge is 0.381 e. The Labute approximate surface area is 97.0 Å². The smallest absolute Gasteiger partial charge is 0.269 e. The maximum Gasteiger partial charge on any atom is 0.269 e. The Morgan fingerprint density at radius 3 is 2.59 bits per heavy atom. The summed E-state index contributed by atoms with van der Waals surface area (Å²) in [5, 5.41) is 17.9. The van der Waals surface area contributed by atoms with E-state index in [1.807, 2.05) is 0 Å². The van der Waals surface area contributed by atoms with Gasteiger partial charge in [0, 0.05) is 18.7 Å². The summed E-state index contributed by atoms with van der Waals surface area (Å²) < 4.78 is 1.64. The number of nitro groups is 1. The maximum atomic E-state index is 10.5. The molecule has 0 radical (unpaired) electrons. The first-order valence-electron chi connectivity index (χ1n) is 5.04. The fourth-order valence-corrected chi connectivity index (χ4v) is 1.45. The Morgan fingerprint density at radius 1 is 1.35 bits per heavy atom. The van der Waals surface area contributed by atoms with Gasteiger partial charge in [0.1, 0.15) is 0 Å². The first-order chi connectivity index (χ1) is 8.15. The second-order valence-corrected chi connectivity index (χ2v) is 3.58. The molecule has 2 aromatic rings. The third-order valence-corrected chi connectivity index (χ3v) is 2.33. The number of anilines is 1. The van der Waals surface area contributed by atoms with E-state index in [0.29, 0.717) is 12.4 Å². The molecular weight excluding hydrogens is 222 g/mol. The predicted octanol–water partition coefficient (Wildman–Crippen LogP) is 1.01. The van der Waals surface area contributed by atoms with Crippen molar-refractivity contribution in [1.29, 1.82) is 0 Å². The number of hydrogen-bond donors (Lipinski definition) is 1. The quantitative estimate of drug-likeness (QED) is 0.627. The molecule has 0 spiro atoms. The van der Waals surface area contributed by atoms with Crippen LogP contribution in [0.15, 0.2) is 30.5 Å². The van der Waals surface area contributed by atoms with Crippen molar-refractivity contribution in [2.75, 3.05) is 5.73 Å². The number of nitrogen functional groups attached to an aromatic ring is 1. The fraction of sp³-hybridized carbons (Fsp3) is 0.200. The molecule has 0 bridgehead atoms. The zero-order chi connectivity index (χ0) is 12.3. The molecule has 0 aliphatic heterocycles. The summed E-state index contributed by atoms with van der Waals surface area (Å²) >= 11 is 0. The van der Waals surface area contributed by atoms with E-state index in [-0.39, 0.29) is 5.69 Å². The number of nitro benzene ring substituents is 1.